The van der Waals surface area contributed by atoms with E-state index in [2.05, 4.69) is 16.0 Å². The van der Waals surface area contributed by atoms with Crippen LogP contribution in [0.2, 0.25) is 0 Å². The van der Waals surface area contributed by atoms with Gasteiger partial charge in [-0.2, -0.15) is 0 Å². The highest BCUT2D eigenvalue weighted by Gasteiger charge is 2.41. The molecule has 2 aromatic carbocycles. The minimum Gasteiger partial charge on any atom is -0.362 e. The van der Waals surface area contributed by atoms with E-state index < -0.39 is 11.7 Å². The molecule has 0 aliphatic carbocycles. The highest BCUT2D eigenvalue weighted by molar-refractivity contribution is 6.02. The normalized spacial score (nSPS) is 21.3. The Morgan fingerprint density at radius 2 is 2.00 bits per heavy atom. The van der Waals surface area contributed by atoms with Gasteiger partial charge in [0.25, 0.3) is 5.91 Å². The number of hydrogen-bond acceptors (Lipinski definition) is 4. The van der Waals surface area contributed by atoms with Gasteiger partial charge >= 0.3 is 0 Å². The number of nitrogens with zero attached hydrogens (tertiary/aromatic N) is 1. The maximum Gasteiger partial charge on any atom is 0.255 e. The van der Waals surface area contributed by atoms with Gasteiger partial charge in [0, 0.05) is 31.6 Å². The summed E-state index contributed by atoms with van der Waals surface area (Å²) in [7, 11) is 0. The van der Waals surface area contributed by atoms with E-state index in [-0.39, 0.29) is 36.5 Å². The summed E-state index contributed by atoms with van der Waals surface area (Å²) in [6.07, 6.45) is 1.11. The first-order valence-corrected chi connectivity index (χ1v) is 10.8. The summed E-state index contributed by atoms with van der Waals surface area (Å²) < 4.78 is 13.4. The number of benzene rings is 2. The van der Waals surface area contributed by atoms with Crippen molar-refractivity contribution in [2.75, 3.05) is 11.9 Å². The molecule has 3 amide bonds. The fourth-order valence-corrected chi connectivity index (χ4v) is 4.34. The van der Waals surface area contributed by atoms with Crippen LogP contribution in [0.3, 0.4) is 0 Å². The van der Waals surface area contributed by atoms with Gasteiger partial charge < -0.3 is 20.9 Å². The summed E-state index contributed by atoms with van der Waals surface area (Å²) in [5, 5.41) is 9.26. The molecule has 2 atom stereocenters. The number of anilines is 1. The van der Waals surface area contributed by atoms with Crippen molar-refractivity contribution < 1.29 is 18.8 Å². The van der Waals surface area contributed by atoms with Crippen molar-refractivity contribution in [1.29, 1.82) is 0 Å². The molecule has 2 aliphatic heterocycles. The maximum absolute atomic E-state index is 13.4. The van der Waals surface area contributed by atoms with E-state index in [1.54, 1.807) is 30.0 Å². The Balaban J connectivity index is 1.43. The predicted molar refractivity (Wildman–Crippen MR) is 118 cm³/mol. The lowest BCUT2D eigenvalue weighted by molar-refractivity contribution is -0.139. The zero-order valence-corrected chi connectivity index (χ0v) is 18.2. The molecule has 32 heavy (non-hydrogen) atoms. The number of halogens is 1. The molecule has 0 saturated carbocycles. The summed E-state index contributed by atoms with van der Waals surface area (Å²) >= 11 is 0. The zero-order valence-electron chi connectivity index (χ0n) is 18.2. The van der Waals surface area contributed by atoms with Crippen LogP contribution < -0.4 is 16.0 Å². The summed E-state index contributed by atoms with van der Waals surface area (Å²) in [6, 6.07) is 11.0. The number of nitrogens with one attached hydrogen (secondary N) is 3. The Labute approximate surface area is 186 Å². The maximum atomic E-state index is 13.4. The minimum absolute atomic E-state index is 0.138. The summed E-state index contributed by atoms with van der Waals surface area (Å²) in [6.45, 7) is 4.15. The Hall–Kier alpha value is -3.42. The quantitative estimate of drug-likeness (QED) is 0.685. The molecule has 0 bridgehead atoms. The molecule has 8 heteroatoms. The molecule has 4 rings (SSSR count). The van der Waals surface area contributed by atoms with Crippen molar-refractivity contribution >= 4 is 23.4 Å². The third-order valence-corrected chi connectivity index (χ3v) is 6.21. The van der Waals surface area contributed by atoms with Crippen LogP contribution in [0, 0.1) is 12.7 Å². The lowest BCUT2D eigenvalue weighted by Crippen LogP contribution is -2.58. The molecule has 2 heterocycles. The number of rotatable bonds is 4. The van der Waals surface area contributed by atoms with E-state index in [9.17, 15) is 18.8 Å². The summed E-state index contributed by atoms with van der Waals surface area (Å²) in [4.78, 5) is 39.8. The molecule has 0 unspecified atom stereocenters. The third-order valence-electron chi connectivity index (χ3n) is 6.21. The Morgan fingerprint density at radius 3 is 2.78 bits per heavy atom. The van der Waals surface area contributed by atoms with E-state index in [0.717, 1.165) is 11.3 Å². The van der Waals surface area contributed by atoms with Crippen LogP contribution >= 0.6 is 0 Å². The first-order valence-electron chi connectivity index (χ1n) is 10.8. The smallest absolute Gasteiger partial charge is 0.255 e. The molecule has 1 saturated heterocycles. The number of carbonyl (C=O) groups is 3. The molecule has 1 spiro atoms. The van der Waals surface area contributed by atoms with Crippen molar-refractivity contribution in [3.8, 4) is 0 Å². The van der Waals surface area contributed by atoms with Crippen LogP contribution in [-0.4, -0.2) is 40.9 Å². The van der Waals surface area contributed by atoms with E-state index in [1.807, 2.05) is 19.1 Å². The Kier molecular flexibility index (Phi) is 5.86. The second-order valence-corrected chi connectivity index (χ2v) is 8.57. The molecule has 3 N–H and O–H groups in total. The summed E-state index contributed by atoms with van der Waals surface area (Å²) in [5.74, 6) is -0.973. The largest absolute Gasteiger partial charge is 0.362 e. The Bertz CT molecular complexity index is 1070. The average molecular weight is 439 g/mol. The van der Waals surface area contributed by atoms with Crippen molar-refractivity contribution in [3.63, 3.8) is 0 Å². The van der Waals surface area contributed by atoms with Gasteiger partial charge in [-0.1, -0.05) is 18.2 Å². The van der Waals surface area contributed by atoms with Crippen LogP contribution in [0.15, 0.2) is 42.5 Å². The number of fused-ring (bicyclic) bond motifs is 1. The van der Waals surface area contributed by atoms with Gasteiger partial charge in [-0.15, -0.1) is 0 Å². The monoisotopic (exact) mass is 438 g/mol. The summed E-state index contributed by atoms with van der Waals surface area (Å²) in [5.41, 5.74) is 2.29. The van der Waals surface area contributed by atoms with E-state index in [4.69, 9.17) is 0 Å². The SMILES string of the molecule is Cc1ccc2c(c1)N[C@]1(CCC(=O)N([C@H](C)C(=O)NCc3cccc(F)c3)CC1)NC2=O. The first kappa shape index (κ1) is 21.8. The molecule has 168 valence electrons. The van der Waals surface area contributed by atoms with Gasteiger partial charge in [0.1, 0.15) is 17.5 Å². The molecule has 7 nitrogen and oxygen atoms in total. The van der Waals surface area contributed by atoms with Gasteiger partial charge in [-0.05, 0) is 55.7 Å². The number of carbonyl (C=O) groups excluding carboxylic acids is 3. The van der Waals surface area contributed by atoms with Crippen molar-refractivity contribution in [2.24, 2.45) is 0 Å². The van der Waals surface area contributed by atoms with Crippen molar-refractivity contribution in [3.05, 3.63) is 65.0 Å². The minimum atomic E-state index is -0.736. The van der Waals surface area contributed by atoms with Gasteiger partial charge in [0.05, 0.1) is 5.56 Å². The van der Waals surface area contributed by atoms with E-state index in [1.165, 1.54) is 12.1 Å². The number of amides is 3. The average Bonchev–Trinajstić information content (AvgIpc) is 2.90. The van der Waals surface area contributed by atoms with E-state index >= 15 is 0 Å². The fraction of sp³-hybridized carbons (Fsp3) is 0.375. The van der Waals surface area contributed by atoms with Crippen LogP contribution in [0.1, 0.15) is 47.7 Å². The van der Waals surface area contributed by atoms with Crippen molar-refractivity contribution in [1.82, 2.24) is 15.5 Å². The van der Waals surface area contributed by atoms with E-state index in [0.29, 0.717) is 30.5 Å². The molecule has 1 fully saturated rings. The lowest BCUT2D eigenvalue weighted by Gasteiger charge is -2.40. The van der Waals surface area contributed by atoms with Crippen LogP contribution in [0.25, 0.3) is 0 Å². The molecular weight excluding hydrogens is 411 g/mol. The van der Waals surface area contributed by atoms with Crippen LogP contribution in [0.5, 0.6) is 0 Å². The molecular formula is C24H27FN4O3. The topological polar surface area (TPSA) is 90.5 Å². The second kappa shape index (κ2) is 8.61. The zero-order chi connectivity index (χ0) is 22.9. The molecule has 0 radical (unpaired) electrons. The molecule has 2 aliphatic rings. The number of hydrogen-bond donors (Lipinski definition) is 3. The molecule has 2 aromatic rings. The van der Waals surface area contributed by atoms with Gasteiger partial charge in [0.2, 0.25) is 11.8 Å². The Morgan fingerprint density at radius 1 is 1.19 bits per heavy atom. The van der Waals surface area contributed by atoms with Gasteiger partial charge in [-0.3, -0.25) is 14.4 Å². The van der Waals surface area contributed by atoms with Crippen LogP contribution in [0.4, 0.5) is 10.1 Å². The third kappa shape index (κ3) is 4.44. The first-order chi connectivity index (χ1) is 15.3. The fourth-order valence-electron chi connectivity index (χ4n) is 4.34. The number of likely N-dealkylation sites (tertiary alicyclic amines) is 1. The van der Waals surface area contributed by atoms with Gasteiger partial charge in [0.15, 0.2) is 0 Å². The predicted octanol–water partition coefficient (Wildman–Crippen LogP) is 2.70. The van der Waals surface area contributed by atoms with Crippen molar-refractivity contribution in [2.45, 2.75) is 51.4 Å². The highest BCUT2D eigenvalue weighted by atomic mass is 19.1. The van der Waals surface area contributed by atoms with Crippen LogP contribution in [-0.2, 0) is 16.1 Å². The lowest BCUT2D eigenvalue weighted by atomic mass is 9.94. The highest BCUT2D eigenvalue weighted by Crippen LogP contribution is 2.32. The number of aryl methyl sites for hydroxylation is 1. The van der Waals surface area contributed by atoms with Gasteiger partial charge in [-0.25, -0.2) is 4.39 Å². The molecule has 0 aromatic heterocycles. The second-order valence-electron chi connectivity index (χ2n) is 8.57. The standard InChI is InChI=1S/C24H27FN4O3/c1-15-6-7-19-20(12-15)27-24(28-23(19)32)9-8-21(30)29(11-10-24)16(2)22(31)26-14-17-4-3-5-18(25)13-17/h3-7,12-13,16,27H,8-11,14H2,1-2H3,(H,26,31)(H,28,32)/t16-,24-/m1/s1.